The number of carbonyl (C=O) groups is 1. The monoisotopic (exact) mass is 334 g/mol. The van der Waals surface area contributed by atoms with Crippen LogP contribution in [-0.4, -0.2) is 20.7 Å². The lowest BCUT2D eigenvalue weighted by Crippen LogP contribution is -2.41. The molecule has 130 valence electrons. The number of rotatable bonds is 8. The number of hydrogen-bond acceptors (Lipinski definition) is 2. The molecule has 0 saturated heterocycles. The first-order valence-electron chi connectivity index (χ1n) is 8.67. The van der Waals surface area contributed by atoms with Crippen molar-refractivity contribution in [1.29, 1.82) is 0 Å². The van der Waals surface area contributed by atoms with Gasteiger partial charge in [0, 0.05) is 13.0 Å². The molecule has 0 aliphatic heterocycles. The highest BCUT2D eigenvalue weighted by Gasteiger charge is 2.37. The van der Waals surface area contributed by atoms with Gasteiger partial charge in [0.15, 0.2) is 8.32 Å². The van der Waals surface area contributed by atoms with E-state index in [1.807, 2.05) is 6.07 Å². The minimum Gasteiger partial charge on any atom is -0.417 e. The van der Waals surface area contributed by atoms with E-state index in [0.29, 0.717) is 6.42 Å². The van der Waals surface area contributed by atoms with Crippen LogP contribution in [0.25, 0.3) is 0 Å². The maximum absolute atomic E-state index is 11.5. The van der Waals surface area contributed by atoms with Crippen LogP contribution in [0.3, 0.4) is 0 Å². The van der Waals surface area contributed by atoms with Gasteiger partial charge in [-0.25, -0.2) is 0 Å². The van der Waals surface area contributed by atoms with Crippen LogP contribution >= 0.6 is 0 Å². The molecular formula is C20H34O2Si. The summed E-state index contributed by atoms with van der Waals surface area (Å²) in [5.41, 5.74) is 1.30. The summed E-state index contributed by atoms with van der Waals surface area (Å²) in [6, 6.07) is 10.5. The molecule has 1 aromatic carbocycles. The average Bonchev–Trinajstić information content (AvgIpc) is 2.45. The molecule has 0 amide bonds. The molecule has 0 aromatic heterocycles. The Balaban J connectivity index is 2.81. The van der Waals surface area contributed by atoms with Crippen molar-refractivity contribution in [3.05, 3.63) is 35.9 Å². The molecule has 0 N–H and O–H groups in total. The number of benzene rings is 1. The molecule has 0 saturated carbocycles. The largest absolute Gasteiger partial charge is 0.417 e. The SMILES string of the molecule is CC(=O)CC[C@](C)(CCO[Si](C)(C)C(C)(C)C)c1ccccc1. The van der Waals surface area contributed by atoms with Gasteiger partial charge in [-0.3, -0.25) is 0 Å². The highest BCUT2D eigenvalue weighted by molar-refractivity contribution is 6.74. The molecule has 0 heterocycles. The van der Waals surface area contributed by atoms with Gasteiger partial charge in [0.2, 0.25) is 0 Å². The second-order valence-corrected chi connectivity index (χ2v) is 13.3. The Morgan fingerprint density at radius 3 is 2.09 bits per heavy atom. The Bertz CT molecular complexity index is 502. The quantitative estimate of drug-likeness (QED) is 0.568. The van der Waals surface area contributed by atoms with Crippen molar-refractivity contribution in [3.8, 4) is 0 Å². The summed E-state index contributed by atoms with van der Waals surface area (Å²) in [5.74, 6) is 0.262. The normalized spacial score (nSPS) is 15.3. The number of carbonyl (C=O) groups excluding carboxylic acids is 1. The fourth-order valence-corrected chi connectivity index (χ4v) is 3.50. The third-order valence-electron chi connectivity index (χ3n) is 5.42. The van der Waals surface area contributed by atoms with Crippen molar-refractivity contribution >= 4 is 14.1 Å². The highest BCUT2D eigenvalue weighted by atomic mass is 28.4. The van der Waals surface area contributed by atoms with E-state index in [1.54, 1.807) is 6.92 Å². The first-order valence-corrected chi connectivity index (χ1v) is 11.6. The van der Waals surface area contributed by atoms with E-state index < -0.39 is 8.32 Å². The van der Waals surface area contributed by atoms with Gasteiger partial charge >= 0.3 is 0 Å². The van der Waals surface area contributed by atoms with Crippen molar-refractivity contribution in [3.63, 3.8) is 0 Å². The summed E-state index contributed by atoms with van der Waals surface area (Å²) in [4.78, 5) is 11.5. The van der Waals surface area contributed by atoms with Crippen LogP contribution in [-0.2, 0) is 14.6 Å². The van der Waals surface area contributed by atoms with Crippen molar-refractivity contribution in [1.82, 2.24) is 0 Å². The molecule has 0 unspecified atom stereocenters. The number of Topliss-reactive ketones (excluding diaryl/α,β-unsaturated/α-hetero) is 1. The van der Waals surface area contributed by atoms with E-state index in [9.17, 15) is 4.79 Å². The molecule has 3 heteroatoms. The summed E-state index contributed by atoms with van der Waals surface area (Å²) in [6.07, 6.45) is 2.47. The van der Waals surface area contributed by atoms with Crippen molar-refractivity contribution in [2.24, 2.45) is 0 Å². The van der Waals surface area contributed by atoms with Crippen molar-refractivity contribution in [2.75, 3.05) is 6.61 Å². The molecule has 0 radical (unpaired) electrons. The fraction of sp³-hybridized carbons (Fsp3) is 0.650. The Labute approximate surface area is 143 Å². The van der Waals surface area contributed by atoms with Gasteiger partial charge in [-0.1, -0.05) is 58.0 Å². The number of ketones is 1. The Morgan fingerprint density at radius 2 is 1.61 bits per heavy atom. The van der Waals surface area contributed by atoms with E-state index in [0.717, 1.165) is 19.4 Å². The molecule has 1 atom stereocenters. The zero-order valence-corrected chi connectivity index (χ0v) is 17.0. The fourth-order valence-electron chi connectivity index (χ4n) is 2.45. The maximum Gasteiger partial charge on any atom is 0.191 e. The van der Waals surface area contributed by atoms with Gasteiger partial charge in [0.05, 0.1) is 0 Å². The lowest BCUT2D eigenvalue weighted by molar-refractivity contribution is -0.117. The molecule has 0 aliphatic rings. The van der Waals surface area contributed by atoms with Crippen LogP contribution in [0.1, 0.15) is 59.4 Å². The van der Waals surface area contributed by atoms with Gasteiger partial charge in [-0.2, -0.15) is 0 Å². The molecule has 2 nitrogen and oxygen atoms in total. The molecule has 0 fully saturated rings. The Hall–Kier alpha value is -0.933. The van der Waals surface area contributed by atoms with Crippen molar-refractivity contribution < 1.29 is 9.22 Å². The van der Waals surface area contributed by atoms with E-state index in [2.05, 4.69) is 65.1 Å². The second kappa shape index (κ2) is 7.76. The molecule has 23 heavy (non-hydrogen) atoms. The summed E-state index contributed by atoms with van der Waals surface area (Å²) in [5, 5.41) is 0.232. The zero-order chi connectivity index (χ0) is 17.7. The Kier molecular flexibility index (Phi) is 6.78. The van der Waals surface area contributed by atoms with Gasteiger partial charge in [0.25, 0.3) is 0 Å². The lowest BCUT2D eigenvalue weighted by atomic mass is 9.76. The second-order valence-electron chi connectivity index (χ2n) is 8.49. The van der Waals surface area contributed by atoms with Crippen LogP contribution in [0, 0.1) is 0 Å². The summed E-state index contributed by atoms with van der Waals surface area (Å²) in [6.45, 7) is 16.1. The van der Waals surface area contributed by atoms with Crippen LogP contribution in [0.5, 0.6) is 0 Å². The molecule has 0 spiro atoms. The standard InChI is InChI=1S/C20H34O2Si/c1-17(21)13-14-20(5,18-11-9-8-10-12-18)15-16-22-23(6,7)19(2,3)4/h8-12H,13-16H2,1-7H3/t20-/m1/s1. The molecular weight excluding hydrogens is 300 g/mol. The minimum atomic E-state index is -1.72. The number of hydrogen-bond donors (Lipinski definition) is 0. The Morgan fingerprint density at radius 1 is 1.04 bits per heavy atom. The molecule has 1 aromatic rings. The van der Waals surface area contributed by atoms with Crippen LogP contribution < -0.4 is 0 Å². The average molecular weight is 335 g/mol. The third kappa shape index (κ3) is 5.89. The summed E-state index contributed by atoms with van der Waals surface area (Å²) >= 11 is 0. The van der Waals surface area contributed by atoms with E-state index >= 15 is 0 Å². The highest BCUT2D eigenvalue weighted by Crippen LogP contribution is 2.38. The maximum atomic E-state index is 11.5. The first-order chi connectivity index (χ1) is 10.5. The smallest absolute Gasteiger partial charge is 0.191 e. The van der Waals surface area contributed by atoms with E-state index in [-0.39, 0.29) is 16.2 Å². The zero-order valence-electron chi connectivity index (χ0n) is 16.0. The van der Waals surface area contributed by atoms with Crippen molar-refractivity contribution in [2.45, 2.75) is 77.4 Å². The molecule has 1 rings (SSSR count). The minimum absolute atomic E-state index is 0.00467. The molecule has 0 aliphatic carbocycles. The van der Waals surface area contributed by atoms with Gasteiger partial charge < -0.3 is 9.22 Å². The third-order valence-corrected chi connectivity index (χ3v) is 9.96. The topological polar surface area (TPSA) is 26.3 Å². The first kappa shape index (κ1) is 20.1. The van der Waals surface area contributed by atoms with Crippen LogP contribution in [0.15, 0.2) is 30.3 Å². The predicted octanol–water partition coefficient (Wildman–Crippen LogP) is 5.73. The van der Waals surface area contributed by atoms with E-state index in [1.165, 1.54) is 5.56 Å². The van der Waals surface area contributed by atoms with E-state index in [4.69, 9.17) is 4.43 Å². The van der Waals surface area contributed by atoms with Gasteiger partial charge in [-0.15, -0.1) is 0 Å². The van der Waals surface area contributed by atoms with Gasteiger partial charge in [-0.05, 0) is 48.9 Å². The summed E-state index contributed by atoms with van der Waals surface area (Å²) in [7, 11) is -1.72. The predicted molar refractivity (Wildman–Crippen MR) is 101 cm³/mol. The van der Waals surface area contributed by atoms with Crippen LogP contribution in [0.4, 0.5) is 0 Å². The van der Waals surface area contributed by atoms with Crippen LogP contribution in [0.2, 0.25) is 18.1 Å². The van der Waals surface area contributed by atoms with Gasteiger partial charge in [0.1, 0.15) is 5.78 Å². The molecule has 0 bridgehead atoms. The lowest BCUT2D eigenvalue weighted by Gasteiger charge is -2.38. The summed E-state index contributed by atoms with van der Waals surface area (Å²) < 4.78 is 6.37.